The first-order valence-electron chi connectivity index (χ1n) is 9.96. The Hall–Kier alpha value is -2.82. The molecule has 0 radical (unpaired) electrons. The molecule has 1 aliphatic carbocycles. The molecule has 1 fully saturated rings. The Morgan fingerprint density at radius 2 is 1.97 bits per heavy atom. The molecule has 0 spiro atoms. The molecule has 0 unspecified atom stereocenters. The smallest absolute Gasteiger partial charge is 0.325 e. The van der Waals surface area contributed by atoms with Crippen molar-refractivity contribution < 1.29 is 22.7 Å². The fourth-order valence-corrected chi connectivity index (χ4v) is 6.32. The summed E-state index contributed by atoms with van der Waals surface area (Å²) in [5, 5.41) is 9.95. The second kappa shape index (κ2) is 6.84. The molecule has 5 rings (SSSR count). The highest BCUT2D eigenvalue weighted by atomic mass is 32.2. The molecule has 2 aliphatic rings. The molecule has 10 heteroatoms. The summed E-state index contributed by atoms with van der Waals surface area (Å²) in [6.07, 6.45) is 0. The molecule has 162 valence electrons. The second-order valence-electron chi connectivity index (χ2n) is 8.10. The molecular formula is C21H21FN4O4S. The molecule has 1 saturated carbocycles. The lowest BCUT2D eigenvalue weighted by atomic mass is 10.1. The van der Waals surface area contributed by atoms with Crippen LogP contribution in [0.25, 0.3) is 11.0 Å². The molecule has 0 amide bonds. The molecule has 2 N–H and O–H groups in total. The zero-order chi connectivity index (χ0) is 22.0. The molecule has 8 nitrogen and oxygen atoms in total. The van der Waals surface area contributed by atoms with Crippen LogP contribution in [0, 0.1) is 11.7 Å². The highest BCUT2D eigenvalue weighted by Gasteiger charge is 2.70. The van der Waals surface area contributed by atoms with Gasteiger partial charge >= 0.3 is 5.97 Å². The third-order valence-corrected chi connectivity index (χ3v) is 8.02. The van der Waals surface area contributed by atoms with Gasteiger partial charge in [0.1, 0.15) is 17.2 Å². The number of aliphatic carboxylic acids is 1. The van der Waals surface area contributed by atoms with Crippen molar-refractivity contribution in [2.45, 2.75) is 31.5 Å². The Labute approximate surface area is 178 Å². The van der Waals surface area contributed by atoms with Crippen molar-refractivity contribution in [3.8, 4) is 0 Å². The van der Waals surface area contributed by atoms with Crippen LogP contribution in [0.3, 0.4) is 0 Å². The average molecular weight is 444 g/mol. The summed E-state index contributed by atoms with van der Waals surface area (Å²) in [5.41, 5.74) is 0.385. The number of nitrogens with one attached hydrogen (secondary N) is 1. The van der Waals surface area contributed by atoms with Crippen molar-refractivity contribution in [1.29, 1.82) is 0 Å². The number of halogens is 1. The molecule has 0 saturated heterocycles. The van der Waals surface area contributed by atoms with E-state index in [0.717, 1.165) is 11.1 Å². The van der Waals surface area contributed by atoms with Crippen molar-refractivity contribution in [2.24, 2.45) is 5.92 Å². The number of carboxylic acid groups (broad SMARTS) is 1. The van der Waals surface area contributed by atoms with Gasteiger partial charge in [0.05, 0.1) is 17.6 Å². The van der Waals surface area contributed by atoms with Gasteiger partial charge in [-0.25, -0.2) is 9.37 Å². The summed E-state index contributed by atoms with van der Waals surface area (Å²) < 4.78 is 45.5. The maximum atomic E-state index is 13.5. The van der Waals surface area contributed by atoms with E-state index in [0.29, 0.717) is 17.9 Å². The fourth-order valence-electron chi connectivity index (χ4n) is 4.76. The minimum atomic E-state index is -4.11. The molecule has 0 bridgehead atoms. The first-order valence-corrected chi connectivity index (χ1v) is 11.4. The van der Waals surface area contributed by atoms with E-state index in [9.17, 15) is 22.7 Å². The zero-order valence-corrected chi connectivity index (χ0v) is 17.5. The van der Waals surface area contributed by atoms with Gasteiger partial charge in [0.15, 0.2) is 0 Å². The lowest BCUT2D eigenvalue weighted by Crippen LogP contribution is -2.53. The van der Waals surface area contributed by atoms with E-state index in [1.165, 1.54) is 16.4 Å². The van der Waals surface area contributed by atoms with E-state index in [2.05, 4.69) is 9.71 Å². The summed E-state index contributed by atoms with van der Waals surface area (Å²) in [4.78, 5) is 16.6. The van der Waals surface area contributed by atoms with Crippen LogP contribution >= 0.6 is 0 Å². The van der Waals surface area contributed by atoms with Crippen molar-refractivity contribution in [3.63, 3.8) is 0 Å². The summed E-state index contributed by atoms with van der Waals surface area (Å²) in [6, 6.07) is 13.3. The zero-order valence-electron chi connectivity index (χ0n) is 16.7. The van der Waals surface area contributed by atoms with Crippen molar-refractivity contribution in [3.05, 3.63) is 65.7 Å². The summed E-state index contributed by atoms with van der Waals surface area (Å²) >= 11 is 0. The van der Waals surface area contributed by atoms with Crippen molar-refractivity contribution >= 4 is 27.2 Å². The first-order chi connectivity index (χ1) is 14.7. The quantitative estimate of drug-likeness (QED) is 0.627. The number of fused-ring (bicyclic) bond motifs is 3. The number of imidazole rings is 1. The van der Waals surface area contributed by atoms with Gasteiger partial charge in [0.2, 0.25) is 0 Å². The maximum Gasteiger partial charge on any atom is 0.325 e. The Morgan fingerprint density at radius 1 is 1.23 bits per heavy atom. The van der Waals surface area contributed by atoms with E-state index < -0.39 is 39.4 Å². The van der Waals surface area contributed by atoms with E-state index in [4.69, 9.17) is 0 Å². The SMILES string of the molecule is C[C@@H]1[C@H](c2ccccc2)[C@]1(NS(=O)(=O)N1CCn2c(nc3cc(F)ccc32)C1)C(=O)O. The highest BCUT2D eigenvalue weighted by Crippen LogP contribution is 2.58. The van der Waals surface area contributed by atoms with Crippen LogP contribution in [0.15, 0.2) is 48.5 Å². The minimum absolute atomic E-state index is 0.0221. The molecule has 1 aromatic heterocycles. The van der Waals surface area contributed by atoms with Crippen LogP contribution in [0.2, 0.25) is 0 Å². The number of carbonyl (C=O) groups is 1. The number of aromatic nitrogens is 2. The normalized spacial score (nSPS) is 26.0. The topological polar surface area (TPSA) is 105 Å². The Bertz CT molecular complexity index is 1290. The van der Waals surface area contributed by atoms with E-state index in [1.807, 2.05) is 22.8 Å². The summed E-state index contributed by atoms with van der Waals surface area (Å²) in [6.45, 7) is 2.21. The average Bonchev–Trinajstić information content (AvgIpc) is 3.15. The second-order valence-corrected chi connectivity index (χ2v) is 9.78. The Morgan fingerprint density at radius 3 is 2.68 bits per heavy atom. The van der Waals surface area contributed by atoms with Gasteiger partial charge in [-0.15, -0.1) is 0 Å². The van der Waals surface area contributed by atoms with Crippen molar-refractivity contribution in [2.75, 3.05) is 6.54 Å². The molecule has 3 atom stereocenters. The molecule has 31 heavy (non-hydrogen) atoms. The molecule has 3 aromatic rings. The van der Waals surface area contributed by atoms with E-state index >= 15 is 0 Å². The lowest BCUT2D eigenvalue weighted by molar-refractivity contribution is -0.140. The highest BCUT2D eigenvalue weighted by molar-refractivity contribution is 7.87. The predicted molar refractivity (Wildman–Crippen MR) is 111 cm³/mol. The molecular weight excluding hydrogens is 423 g/mol. The van der Waals surface area contributed by atoms with Gasteiger partial charge < -0.3 is 9.67 Å². The monoisotopic (exact) mass is 444 g/mol. The third kappa shape index (κ3) is 3.05. The van der Waals surface area contributed by atoms with E-state index in [1.54, 1.807) is 25.1 Å². The number of hydrogen-bond donors (Lipinski definition) is 2. The summed E-state index contributed by atoms with van der Waals surface area (Å²) in [7, 11) is -4.11. The number of carboxylic acids is 1. The van der Waals surface area contributed by atoms with Gasteiger partial charge in [-0.2, -0.15) is 17.4 Å². The lowest BCUT2D eigenvalue weighted by Gasteiger charge is -2.29. The van der Waals surface area contributed by atoms with Gasteiger partial charge in [0, 0.05) is 25.1 Å². The fraction of sp³-hybridized carbons (Fsp3) is 0.333. The van der Waals surface area contributed by atoms with Crippen LogP contribution in [-0.2, 0) is 28.1 Å². The van der Waals surface area contributed by atoms with Crippen molar-refractivity contribution in [1.82, 2.24) is 18.6 Å². The van der Waals surface area contributed by atoms with Gasteiger partial charge in [-0.3, -0.25) is 4.79 Å². The first kappa shape index (κ1) is 20.1. The van der Waals surface area contributed by atoms with Crippen LogP contribution in [0.1, 0.15) is 24.2 Å². The maximum absolute atomic E-state index is 13.5. The van der Waals surface area contributed by atoms with Gasteiger partial charge in [0.25, 0.3) is 10.2 Å². The summed E-state index contributed by atoms with van der Waals surface area (Å²) in [5.74, 6) is -1.98. The predicted octanol–water partition coefficient (Wildman–Crippen LogP) is 2.08. The standard InChI is InChI=1S/C21H21FN4O4S/c1-13-19(14-5-3-2-4-6-14)21(13,20(27)28)24-31(29,30)25-9-10-26-17-8-7-15(22)11-16(17)23-18(26)12-25/h2-8,11,13,19,24H,9-10,12H2,1H3,(H,27,28)/t13-,19-,21+/m1/s1. The minimum Gasteiger partial charge on any atom is -0.480 e. The van der Waals surface area contributed by atoms with Crippen LogP contribution in [0.4, 0.5) is 4.39 Å². The Balaban J connectivity index is 1.43. The van der Waals surface area contributed by atoms with Gasteiger partial charge in [-0.05, 0) is 23.6 Å². The number of hydrogen-bond acceptors (Lipinski definition) is 4. The number of nitrogens with zero attached hydrogens (tertiary/aromatic N) is 3. The number of benzene rings is 2. The number of rotatable bonds is 5. The third-order valence-electron chi connectivity index (χ3n) is 6.43. The van der Waals surface area contributed by atoms with E-state index in [-0.39, 0.29) is 13.1 Å². The Kier molecular flexibility index (Phi) is 4.44. The largest absolute Gasteiger partial charge is 0.480 e. The molecule has 1 aliphatic heterocycles. The van der Waals surface area contributed by atoms with Crippen LogP contribution < -0.4 is 4.72 Å². The molecule has 2 heterocycles. The van der Waals surface area contributed by atoms with Gasteiger partial charge in [-0.1, -0.05) is 37.3 Å². The van der Waals surface area contributed by atoms with Crippen LogP contribution in [0.5, 0.6) is 0 Å². The molecule has 2 aromatic carbocycles. The van der Waals surface area contributed by atoms with Crippen LogP contribution in [-0.4, -0.2) is 45.4 Å².